The summed E-state index contributed by atoms with van der Waals surface area (Å²) in [7, 11) is 0. The van der Waals surface area contributed by atoms with E-state index in [9.17, 15) is 24.3 Å². The van der Waals surface area contributed by atoms with E-state index >= 15 is 0 Å². The van der Waals surface area contributed by atoms with Crippen LogP contribution in [0.15, 0.2) is 68.3 Å². The smallest absolute Gasteiger partial charge is 0.335 e. The average molecular weight is 447 g/mol. The first kappa shape index (κ1) is 21.9. The molecule has 33 heavy (non-hydrogen) atoms. The molecule has 0 fully saturated rings. The molecule has 1 aliphatic heterocycles. The Morgan fingerprint density at radius 1 is 0.909 bits per heavy atom. The largest absolute Gasteiger partial charge is 0.492 e. The van der Waals surface area contributed by atoms with Crippen molar-refractivity contribution < 1.29 is 14.7 Å². The van der Waals surface area contributed by atoms with Gasteiger partial charge in [-0.15, -0.1) is 10.2 Å². The third kappa shape index (κ3) is 3.65. The minimum Gasteiger partial charge on any atom is -0.492 e. The van der Waals surface area contributed by atoms with E-state index in [0.29, 0.717) is 18.5 Å². The zero-order valence-corrected chi connectivity index (χ0v) is 18.0. The molecule has 0 unspecified atom stereocenters. The Balaban J connectivity index is 1.80. The van der Waals surface area contributed by atoms with Gasteiger partial charge in [-0.25, -0.2) is 9.36 Å². The molecule has 0 saturated carbocycles. The Morgan fingerprint density at radius 3 is 2.27 bits per heavy atom. The number of aromatic hydroxyl groups is 1. The summed E-state index contributed by atoms with van der Waals surface area (Å²) in [6, 6.07) is 12.5. The van der Waals surface area contributed by atoms with Gasteiger partial charge in [-0.3, -0.25) is 24.3 Å². The van der Waals surface area contributed by atoms with Crippen molar-refractivity contribution in [1.29, 1.82) is 0 Å². The Bertz CT molecular complexity index is 1390. The van der Waals surface area contributed by atoms with Crippen LogP contribution in [0.3, 0.4) is 0 Å². The fraction of sp³-hybridized carbons (Fsp3) is 0.217. The number of azo groups is 1. The van der Waals surface area contributed by atoms with E-state index in [1.165, 1.54) is 17.0 Å². The molecule has 2 aromatic carbocycles. The molecule has 0 atom stereocenters. The van der Waals surface area contributed by atoms with Crippen molar-refractivity contribution in [1.82, 2.24) is 14.5 Å². The fourth-order valence-electron chi connectivity index (χ4n) is 3.88. The zero-order valence-electron chi connectivity index (χ0n) is 18.0. The van der Waals surface area contributed by atoms with E-state index in [0.717, 1.165) is 4.57 Å². The molecule has 10 nitrogen and oxygen atoms in total. The lowest BCUT2D eigenvalue weighted by molar-refractivity contribution is 0.0576. The molecule has 2 heterocycles. The zero-order chi connectivity index (χ0) is 23.7. The maximum absolute atomic E-state index is 13.1. The molecule has 4 rings (SSSR count). The number of imide groups is 1. The summed E-state index contributed by atoms with van der Waals surface area (Å²) < 4.78 is 0.884. The minimum absolute atomic E-state index is 0.0792. The number of H-pyrrole nitrogens is 1. The van der Waals surface area contributed by atoms with Gasteiger partial charge < -0.3 is 5.11 Å². The van der Waals surface area contributed by atoms with Gasteiger partial charge in [-0.2, -0.15) is 0 Å². The highest BCUT2D eigenvalue weighted by Crippen LogP contribution is 2.34. The summed E-state index contributed by atoms with van der Waals surface area (Å²) in [4.78, 5) is 53.8. The van der Waals surface area contributed by atoms with Crippen LogP contribution in [0.1, 0.15) is 47.4 Å². The quantitative estimate of drug-likeness (QED) is 0.440. The first-order chi connectivity index (χ1) is 15.9. The molecule has 0 bridgehead atoms. The normalized spacial score (nSPS) is 13.4. The van der Waals surface area contributed by atoms with Crippen LogP contribution >= 0.6 is 0 Å². The second-order valence-electron chi connectivity index (χ2n) is 7.45. The predicted molar refractivity (Wildman–Crippen MR) is 120 cm³/mol. The van der Waals surface area contributed by atoms with Crippen molar-refractivity contribution in [2.75, 3.05) is 0 Å². The standard InChI is InChI=1S/C23H21N5O5/c1-3-13(4-2)27-20(30)15-11-8-12-16(17(15)21(27)31)25-26-18-19(29)24-23(33)28(22(18)32)14-9-6-5-7-10-14/h5-13,32H,3-4H2,1-2H3,(H,24,29,33). The van der Waals surface area contributed by atoms with Crippen molar-refractivity contribution in [2.24, 2.45) is 10.2 Å². The molecule has 0 spiro atoms. The Morgan fingerprint density at radius 2 is 1.61 bits per heavy atom. The second kappa shape index (κ2) is 8.65. The summed E-state index contributed by atoms with van der Waals surface area (Å²) in [5, 5.41) is 18.4. The van der Waals surface area contributed by atoms with Crippen molar-refractivity contribution in [2.45, 2.75) is 32.7 Å². The van der Waals surface area contributed by atoms with Gasteiger partial charge in [-0.1, -0.05) is 38.1 Å². The Labute approximate surface area is 187 Å². The number of benzene rings is 2. The van der Waals surface area contributed by atoms with E-state index in [2.05, 4.69) is 15.2 Å². The lowest BCUT2D eigenvalue weighted by atomic mass is 10.1. The number of carbonyl (C=O) groups excluding carboxylic acids is 2. The van der Waals surface area contributed by atoms with Crippen molar-refractivity contribution >= 4 is 23.2 Å². The van der Waals surface area contributed by atoms with Crippen molar-refractivity contribution in [3.63, 3.8) is 0 Å². The fourth-order valence-corrected chi connectivity index (χ4v) is 3.88. The number of rotatable bonds is 6. The van der Waals surface area contributed by atoms with Gasteiger partial charge in [0, 0.05) is 6.04 Å². The molecule has 1 aliphatic rings. The van der Waals surface area contributed by atoms with Crippen LogP contribution in [-0.4, -0.2) is 37.4 Å². The third-order valence-electron chi connectivity index (χ3n) is 5.57. The number of carbonyl (C=O) groups is 2. The molecular formula is C23H21N5O5. The topological polar surface area (TPSA) is 137 Å². The van der Waals surface area contributed by atoms with Gasteiger partial charge in [0.05, 0.1) is 22.5 Å². The molecule has 0 radical (unpaired) electrons. The van der Waals surface area contributed by atoms with E-state index in [1.807, 2.05) is 13.8 Å². The molecule has 3 aromatic rings. The van der Waals surface area contributed by atoms with Crippen LogP contribution in [0.25, 0.3) is 5.69 Å². The Hall–Kier alpha value is -4.34. The highest BCUT2D eigenvalue weighted by atomic mass is 16.3. The maximum Gasteiger partial charge on any atom is 0.335 e. The van der Waals surface area contributed by atoms with Crippen LogP contribution < -0.4 is 11.2 Å². The van der Waals surface area contributed by atoms with E-state index in [1.54, 1.807) is 36.4 Å². The second-order valence-corrected chi connectivity index (χ2v) is 7.45. The molecular weight excluding hydrogens is 426 g/mol. The number of hydrogen-bond donors (Lipinski definition) is 2. The summed E-state index contributed by atoms with van der Waals surface area (Å²) in [6.45, 7) is 3.80. The van der Waals surface area contributed by atoms with Gasteiger partial charge in [-0.05, 0) is 37.1 Å². The monoisotopic (exact) mass is 447 g/mol. The van der Waals surface area contributed by atoms with Gasteiger partial charge in [0.2, 0.25) is 11.6 Å². The molecule has 2 amide bonds. The summed E-state index contributed by atoms with van der Waals surface area (Å²) in [5.41, 5.74) is -1.61. The number of hydrogen-bond acceptors (Lipinski definition) is 7. The van der Waals surface area contributed by atoms with Crippen molar-refractivity contribution in [3.05, 3.63) is 80.5 Å². The summed E-state index contributed by atoms with van der Waals surface area (Å²) in [6.07, 6.45) is 1.23. The molecule has 0 saturated heterocycles. The number of para-hydroxylation sites is 1. The van der Waals surface area contributed by atoms with Gasteiger partial charge in [0.25, 0.3) is 17.4 Å². The number of aromatic amines is 1. The third-order valence-corrected chi connectivity index (χ3v) is 5.57. The lowest BCUT2D eigenvalue weighted by Crippen LogP contribution is -2.39. The number of nitrogens with zero attached hydrogens (tertiary/aromatic N) is 4. The molecule has 168 valence electrons. The van der Waals surface area contributed by atoms with Crippen LogP contribution in [-0.2, 0) is 0 Å². The highest BCUT2D eigenvalue weighted by molar-refractivity contribution is 6.23. The van der Waals surface area contributed by atoms with Gasteiger partial charge >= 0.3 is 5.69 Å². The van der Waals surface area contributed by atoms with E-state index < -0.39 is 34.6 Å². The number of fused-ring (bicyclic) bond motifs is 1. The van der Waals surface area contributed by atoms with E-state index in [4.69, 9.17) is 0 Å². The highest BCUT2D eigenvalue weighted by Gasteiger charge is 2.40. The number of nitrogens with one attached hydrogen (secondary N) is 1. The predicted octanol–water partition coefficient (Wildman–Crippen LogP) is 3.43. The molecule has 10 heteroatoms. The van der Waals surface area contributed by atoms with Gasteiger partial charge in [0.15, 0.2) is 0 Å². The van der Waals surface area contributed by atoms with Crippen LogP contribution in [0.4, 0.5) is 11.4 Å². The summed E-state index contributed by atoms with van der Waals surface area (Å²) >= 11 is 0. The minimum atomic E-state index is -0.943. The maximum atomic E-state index is 13.1. The van der Waals surface area contributed by atoms with Crippen LogP contribution in [0, 0.1) is 0 Å². The first-order valence-electron chi connectivity index (χ1n) is 10.4. The van der Waals surface area contributed by atoms with Crippen LogP contribution in [0.5, 0.6) is 5.88 Å². The number of aromatic nitrogens is 2. The average Bonchev–Trinajstić information content (AvgIpc) is 3.06. The number of amides is 2. The summed E-state index contributed by atoms with van der Waals surface area (Å²) in [5.74, 6) is -1.59. The Kier molecular flexibility index (Phi) is 5.74. The molecule has 2 N–H and O–H groups in total. The van der Waals surface area contributed by atoms with Gasteiger partial charge in [0.1, 0.15) is 0 Å². The van der Waals surface area contributed by atoms with Crippen molar-refractivity contribution in [3.8, 4) is 11.6 Å². The molecule has 1 aromatic heterocycles. The SMILES string of the molecule is CCC(CC)N1C(=O)c2cccc(N=Nc3c(O)n(-c4ccccc4)c(=O)[nH]c3=O)c2C1=O. The lowest BCUT2D eigenvalue weighted by Gasteiger charge is -2.23. The van der Waals surface area contributed by atoms with Crippen LogP contribution in [0.2, 0.25) is 0 Å². The van der Waals surface area contributed by atoms with E-state index in [-0.39, 0.29) is 22.9 Å². The molecule has 0 aliphatic carbocycles. The first-order valence-corrected chi connectivity index (χ1v) is 10.4.